The average molecular weight is 324 g/mol. The van der Waals surface area contributed by atoms with E-state index in [2.05, 4.69) is 5.32 Å². The molecule has 0 spiro atoms. The van der Waals surface area contributed by atoms with Crippen LogP contribution in [-0.4, -0.2) is 5.91 Å². The highest BCUT2D eigenvalue weighted by Gasteiger charge is 2.51. The van der Waals surface area contributed by atoms with Gasteiger partial charge in [-0.25, -0.2) is 4.39 Å². The third-order valence-electron chi connectivity index (χ3n) is 3.76. The van der Waals surface area contributed by atoms with Gasteiger partial charge in [-0.05, 0) is 48.7 Å². The maximum atomic E-state index is 13.0. The molecule has 2 nitrogen and oxygen atoms in total. The summed E-state index contributed by atoms with van der Waals surface area (Å²) >= 11 is 11.8. The lowest BCUT2D eigenvalue weighted by molar-refractivity contribution is -0.118. The molecule has 5 heteroatoms. The molecule has 1 N–H and O–H groups in total. The number of amides is 1. The molecule has 1 aliphatic carbocycles. The number of carbonyl (C=O) groups excluding carboxylic acids is 1. The highest BCUT2D eigenvalue weighted by Crippen LogP contribution is 2.49. The monoisotopic (exact) mass is 323 g/mol. The average Bonchev–Trinajstić information content (AvgIpc) is 3.25. The molecular formula is C16H12Cl2FNO. The second kappa shape index (κ2) is 5.32. The largest absolute Gasteiger partial charge is 0.325 e. The molecule has 0 atom stereocenters. The van der Waals surface area contributed by atoms with Gasteiger partial charge in [0.1, 0.15) is 5.82 Å². The van der Waals surface area contributed by atoms with Gasteiger partial charge in [0.25, 0.3) is 0 Å². The number of halogens is 3. The Hall–Kier alpha value is -1.58. The lowest BCUT2D eigenvalue weighted by Crippen LogP contribution is -2.27. The Morgan fingerprint density at radius 1 is 1.05 bits per heavy atom. The number of carbonyl (C=O) groups is 1. The SMILES string of the molecule is O=C(Nc1ccc(Cl)c(Cl)c1)C1(c2ccc(F)cc2)CC1. The quantitative estimate of drug-likeness (QED) is 0.863. The molecule has 0 bridgehead atoms. The van der Waals surface area contributed by atoms with Gasteiger partial charge in [0.2, 0.25) is 5.91 Å². The van der Waals surface area contributed by atoms with Gasteiger partial charge < -0.3 is 5.32 Å². The summed E-state index contributed by atoms with van der Waals surface area (Å²) < 4.78 is 13.0. The zero-order chi connectivity index (χ0) is 15.0. The van der Waals surface area contributed by atoms with Crippen molar-refractivity contribution in [2.75, 3.05) is 5.32 Å². The Kier molecular flexibility index (Phi) is 3.64. The van der Waals surface area contributed by atoms with E-state index in [9.17, 15) is 9.18 Å². The van der Waals surface area contributed by atoms with Crippen LogP contribution in [-0.2, 0) is 10.2 Å². The lowest BCUT2D eigenvalue weighted by Gasteiger charge is -2.16. The van der Waals surface area contributed by atoms with Gasteiger partial charge in [-0.3, -0.25) is 4.79 Å². The smallest absolute Gasteiger partial charge is 0.235 e. The summed E-state index contributed by atoms with van der Waals surface area (Å²) in [5, 5.41) is 3.68. The Bertz CT molecular complexity index is 696. The molecule has 0 saturated heterocycles. The van der Waals surface area contributed by atoms with E-state index in [1.165, 1.54) is 12.1 Å². The van der Waals surface area contributed by atoms with Gasteiger partial charge in [0.05, 0.1) is 15.5 Å². The van der Waals surface area contributed by atoms with E-state index in [1.807, 2.05) is 0 Å². The molecule has 2 aromatic carbocycles. The van der Waals surface area contributed by atoms with Crippen LogP contribution >= 0.6 is 23.2 Å². The third kappa shape index (κ3) is 2.76. The van der Waals surface area contributed by atoms with Crippen molar-refractivity contribution in [2.45, 2.75) is 18.3 Å². The summed E-state index contributed by atoms with van der Waals surface area (Å²) in [5.41, 5.74) is 0.879. The molecule has 1 fully saturated rings. The lowest BCUT2D eigenvalue weighted by atomic mass is 9.95. The summed E-state index contributed by atoms with van der Waals surface area (Å²) in [6.45, 7) is 0. The Morgan fingerprint density at radius 3 is 2.29 bits per heavy atom. The first-order chi connectivity index (χ1) is 10.0. The zero-order valence-electron chi connectivity index (χ0n) is 11.0. The van der Waals surface area contributed by atoms with E-state index in [-0.39, 0.29) is 11.7 Å². The number of benzene rings is 2. The number of nitrogens with one attached hydrogen (secondary N) is 1. The molecule has 0 aliphatic heterocycles. The summed E-state index contributed by atoms with van der Waals surface area (Å²) in [6.07, 6.45) is 1.51. The summed E-state index contributed by atoms with van der Waals surface area (Å²) in [7, 11) is 0. The highest BCUT2D eigenvalue weighted by atomic mass is 35.5. The third-order valence-corrected chi connectivity index (χ3v) is 4.50. The molecule has 3 rings (SSSR count). The fourth-order valence-electron chi connectivity index (χ4n) is 2.37. The Balaban J connectivity index is 1.81. The Labute approximate surface area is 131 Å². The van der Waals surface area contributed by atoms with Gasteiger partial charge in [-0.2, -0.15) is 0 Å². The van der Waals surface area contributed by atoms with E-state index in [0.717, 1.165) is 18.4 Å². The molecule has 108 valence electrons. The van der Waals surface area contributed by atoms with Crippen molar-refractivity contribution in [3.63, 3.8) is 0 Å². The normalized spacial score (nSPS) is 15.6. The summed E-state index contributed by atoms with van der Waals surface area (Å²) in [6, 6.07) is 11.0. The molecule has 21 heavy (non-hydrogen) atoms. The standard InChI is InChI=1S/C16H12Cl2FNO/c17-13-6-5-12(9-14(13)18)20-15(21)16(7-8-16)10-1-3-11(19)4-2-10/h1-6,9H,7-8H2,(H,20,21). The number of hydrogen-bond donors (Lipinski definition) is 1. The van der Waals surface area contributed by atoms with Gasteiger partial charge in [0.15, 0.2) is 0 Å². The van der Waals surface area contributed by atoms with Crippen LogP contribution < -0.4 is 5.32 Å². The van der Waals surface area contributed by atoms with Crippen LogP contribution in [0.5, 0.6) is 0 Å². The van der Waals surface area contributed by atoms with Gasteiger partial charge in [-0.15, -0.1) is 0 Å². The first-order valence-electron chi connectivity index (χ1n) is 6.54. The summed E-state index contributed by atoms with van der Waals surface area (Å²) in [4.78, 5) is 12.5. The van der Waals surface area contributed by atoms with Crippen LogP contribution in [0.2, 0.25) is 10.0 Å². The van der Waals surface area contributed by atoms with E-state index in [0.29, 0.717) is 15.7 Å². The molecule has 1 aliphatic rings. The van der Waals surface area contributed by atoms with Gasteiger partial charge in [-0.1, -0.05) is 35.3 Å². The van der Waals surface area contributed by atoms with Gasteiger partial charge in [0, 0.05) is 5.69 Å². The second-order valence-electron chi connectivity index (χ2n) is 5.17. The molecule has 0 heterocycles. The van der Waals surface area contributed by atoms with Crippen molar-refractivity contribution < 1.29 is 9.18 Å². The molecule has 0 aromatic heterocycles. The van der Waals surface area contributed by atoms with Crippen LogP contribution in [0.4, 0.5) is 10.1 Å². The van der Waals surface area contributed by atoms with Crippen molar-refractivity contribution in [1.82, 2.24) is 0 Å². The molecule has 0 unspecified atom stereocenters. The van der Waals surface area contributed by atoms with E-state index in [1.54, 1.807) is 30.3 Å². The van der Waals surface area contributed by atoms with Crippen molar-refractivity contribution in [2.24, 2.45) is 0 Å². The summed E-state index contributed by atoms with van der Waals surface area (Å²) in [5.74, 6) is -0.410. The minimum Gasteiger partial charge on any atom is -0.325 e. The van der Waals surface area contributed by atoms with Gasteiger partial charge >= 0.3 is 0 Å². The van der Waals surface area contributed by atoms with Crippen molar-refractivity contribution in [3.05, 3.63) is 63.9 Å². The maximum absolute atomic E-state index is 13.0. The topological polar surface area (TPSA) is 29.1 Å². The highest BCUT2D eigenvalue weighted by molar-refractivity contribution is 6.42. The fourth-order valence-corrected chi connectivity index (χ4v) is 2.66. The minimum atomic E-state index is -0.556. The van der Waals surface area contributed by atoms with E-state index < -0.39 is 5.41 Å². The first kappa shape index (κ1) is 14.4. The number of hydrogen-bond acceptors (Lipinski definition) is 1. The number of rotatable bonds is 3. The molecule has 0 radical (unpaired) electrons. The van der Waals surface area contributed by atoms with Crippen molar-refractivity contribution in [3.8, 4) is 0 Å². The first-order valence-corrected chi connectivity index (χ1v) is 7.29. The zero-order valence-corrected chi connectivity index (χ0v) is 12.5. The van der Waals surface area contributed by atoms with Crippen LogP contribution in [0, 0.1) is 5.82 Å². The predicted molar refractivity (Wildman–Crippen MR) is 82.4 cm³/mol. The van der Waals surface area contributed by atoms with Crippen LogP contribution in [0.15, 0.2) is 42.5 Å². The molecular weight excluding hydrogens is 312 g/mol. The van der Waals surface area contributed by atoms with E-state index >= 15 is 0 Å². The molecule has 2 aromatic rings. The number of anilines is 1. The van der Waals surface area contributed by atoms with Crippen molar-refractivity contribution in [1.29, 1.82) is 0 Å². The predicted octanol–water partition coefficient (Wildman–Crippen LogP) is 4.80. The van der Waals surface area contributed by atoms with Crippen LogP contribution in [0.25, 0.3) is 0 Å². The Morgan fingerprint density at radius 2 is 1.71 bits per heavy atom. The maximum Gasteiger partial charge on any atom is 0.235 e. The fraction of sp³-hybridized carbons (Fsp3) is 0.188. The molecule has 1 amide bonds. The van der Waals surface area contributed by atoms with Crippen molar-refractivity contribution >= 4 is 34.8 Å². The molecule has 1 saturated carbocycles. The van der Waals surface area contributed by atoms with Crippen LogP contribution in [0.1, 0.15) is 18.4 Å². The minimum absolute atomic E-state index is 0.104. The van der Waals surface area contributed by atoms with Crippen LogP contribution in [0.3, 0.4) is 0 Å². The second-order valence-corrected chi connectivity index (χ2v) is 5.99. The van der Waals surface area contributed by atoms with E-state index in [4.69, 9.17) is 23.2 Å².